The van der Waals surface area contributed by atoms with Gasteiger partial charge in [0.2, 0.25) is 0 Å². The summed E-state index contributed by atoms with van der Waals surface area (Å²) >= 11 is 0. The van der Waals surface area contributed by atoms with E-state index in [1.807, 2.05) is 55.4 Å². The first-order valence-corrected chi connectivity index (χ1v) is 14.4. The lowest BCUT2D eigenvalue weighted by atomic mass is 9.60. The van der Waals surface area contributed by atoms with Gasteiger partial charge in [0.1, 0.15) is 0 Å². The molecule has 2 aliphatic heterocycles. The Hall–Kier alpha value is -5.10. The average Bonchev–Trinajstić information content (AvgIpc) is 3.15. The Balaban J connectivity index is 1.49. The lowest BCUT2D eigenvalue weighted by Gasteiger charge is -2.43. The lowest BCUT2D eigenvalue weighted by Crippen LogP contribution is -2.43. The molecule has 3 atom stereocenters. The third kappa shape index (κ3) is 3.20. The summed E-state index contributed by atoms with van der Waals surface area (Å²) in [4.78, 5) is 30.8. The van der Waals surface area contributed by atoms with E-state index in [-0.39, 0.29) is 11.4 Å². The quantitative estimate of drug-likeness (QED) is 0.269. The minimum absolute atomic E-state index is 0.320. The van der Waals surface area contributed by atoms with Gasteiger partial charge in [0.25, 0.3) is 0 Å². The van der Waals surface area contributed by atoms with Crippen molar-refractivity contribution in [2.75, 3.05) is 19.0 Å². The summed E-state index contributed by atoms with van der Waals surface area (Å²) in [6, 6.07) is 36.3. The van der Waals surface area contributed by atoms with Crippen LogP contribution >= 0.6 is 0 Å². The fraction of sp³-hybridized carbons (Fsp3) is 0.167. The molecule has 8 rings (SSSR count). The summed E-state index contributed by atoms with van der Waals surface area (Å²) < 4.78 is 4.78. The van der Waals surface area contributed by atoms with Gasteiger partial charge < -0.3 is 4.90 Å². The number of fused-ring (bicyclic) bond motifs is 2. The van der Waals surface area contributed by atoms with Crippen LogP contribution in [0, 0.1) is 0 Å². The number of hydrogen-bond acceptors (Lipinski definition) is 3. The fourth-order valence-electron chi connectivity index (χ4n) is 7.48. The molecule has 206 valence electrons. The van der Waals surface area contributed by atoms with Crippen LogP contribution in [0.25, 0.3) is 11.3 Å². The highest BCUT2D eigenvalue weighted by atomic mass is 16.2. The van der Waals surface area contributed by atoms with Crippen molar-refractivity contribution in [2.24, 2.45) is 0 Å². The maximum atomic E-state index is 14.5. The van der Waals surface area contributed by atoms with E-state index in [0.717, 1.165) is 33.5 Å². The minimum Gasteiger partial charge on any atom is -0.378 e. The first-order valence-electron chi connectivity index (χ1n) is 14.4. The molecule has 4 bridgehead atoms. The Bertz CT molecular complexity index is 2030. The molecule has 0 N–H and O–H groups in total. The zero-order chi connectivity index (χ0) is 28.6. The van der Waals surface area contributed by atoms with Gasteiger partial charge in [-0.15, -0.1) is 0 Å². The van der Waals surface area contributed by atoms with Gasteiger partial charge in [-0.2, -0.15) is 0 Å². The van der Waals surface area contributed by atoms with Crippen LogP contribution in [0.1, 0.15) is 40.8 Å². The van der Waals surface area contributed by atoms with Crippen LogP contribution in [0.5, 0.6) is 0 Å². The predicted octanol–water partition coefficient (Wildman–Crippen LogP) is 5.72. The van der Waals surface area contributed by atoms with E-state index in [2.05, 4.69) is 84.9 Å². The molecule has 3 aliphatic rings. The minimum atomic E-state index is -0.577. The topological polar surface area (TPSA) is 52.2 Å². The number of benzene rings is 4. The molecule has 0 amide bonds. The molecule has 4 aromatic carbocycles. The average molecular weight is 551 g/mol. The van der Waals surface area contributed by atoms with Crippen LogP contribution in [-0.4, -0.2) is 28.0 Å². The summed E-state index contributed by atoms with van der Waals surface area (Å²) in [5.41, 5.74) is 7.22. The number of allylic oxidation sites excluding steroid dienone is 3. The van der Waals surface area contributed by atoms with Gasteiger partial charge in [-0.05, 0) is 64.1 Å². The maximum absolute atomic E-state index is 14.5. The van der Waals surface area contributed by atoms with E-state index in [1.165, 1.54) is 10.1 Å². The first kappa shape index (κ1) is 24.7. The molecule has 0 saturated carbocycles. The number of hydrogen-bond donors (Lipinski definition) is 0. The van der Waals surface area contributed by atoms with Gasteiger partial charge in [0.15, 0.2) is 0 Å². The van der Waals surface area contributed by atoms with Gasteiger partial charge in [-0.3, -0.25) is 0 Å². The summed E-state index contributed by atoms with van der Waals surface area (Å²) in [5, 5.41) is 0. The second kappa shape index (κ2) is 8.95. The summed E-state index contributed by atoms with van der Waals surface area (Å²) in [6.45, 7) is 0. The van der Waals surface area contributed by atoms with Crippen molar-refractivity contribution in [3.05, 3.63) is 170 Å². The Morgan fingerprint density at radius 3 is 2.07 bits per heavy atom. The second-order valence-corrected chi connectivity index (χ2v) is 11.6. The smallest absolute Gasteiger partial charge is 0.352 e. The molecular formula is C36H30N4O2. The van der Waals surface area contributed by atoms with Gasteiger partial charge >= 0.3 is 11.4 Å². The molecule has 1 aliphatic carbocycles. The zero-order valence-electron chi connectivity index (χ0n) is 23.5. The largest absolute Gasteiger partial charge is 0.378 e. The van der Waals surface area contributed by atoms with E-state index in [1.54, 1.807) is 9.36 Å². The van der Waals surface area contributed by atoms with Crippen LogP contribution < -0.4 is 16.3 Å². The Labute approximate surface area is 243 Å². The Morgan fingerprint density at radius 2 is 1.36 bits per heavy atom. The van der Waals surface area contributed by atoms with E-state index < -0.39 is 17.5 Å². The maximum Gasteiger partial charge on any atom is 0.352 e. The van der Waals surface area contributed by atoms with Gasteiger partial charge in [0, 0.05) is 19.8 Å². The summed E-state index contributed by atoms with van der Waals surface area (Å²) in [6.07, 6.45) is 5.00. The van der Waals surface area contributed by atoms with E-state index in [9.17, 15) is 9.59 Å². The molecule has 0 fully saturated rings. The Morgan fingerprint density at radius 1 is 0.714 bits per heavy atom. The SMILES string of the molecule is CN(C)c1ccc(-n2c(=O)n3n(c2=O)C2C=CC3C3=C(c4ccccc4)c4ccccc4C2(c2ccccc2)C3)cc1. The number of nitrogens with zero attached hydrogens (tertiary/aromatic N) is 4. The molecule has 0 radical (unpaired) electrons. The number of aromatic nitrogens is 3. The van der Waals surface area contributed by atoms with Crippen LogP contribution in [0.4, 0.5) is 5.69 Å². The van der Waals surface area contributed by atoms with Crippen molar-refractivity contribution in [3.8, 4) is 5.69 Å². The monoisotopic (exact) mass is 550 g/mol. The highest BCUT2D eigenvalue weighted by Gasteiger charge is 2.54. The van der Waals surface area contributed by atoms with Crippen LogP contribution in [-0.2, 0) is 5.41 Å². The summed E-state index contributed by atoms with van der Waals surface area (Å²) in [7, 11) is 3.94. The molecule has 1 aromatic heterocycles. The highest BCUT2D eigenvalue weighted by molar-refractivity contribution is 5.88. The van der Waals surface area contributed by atoms with Crippen molar-refractivity contribution < 1.29 is 0 Å². The summed E-state index contributed by atoms with van der Waals surface area (Å²) in [5.74, 6) is 0. The standard InChI is InChI=1S/C36H30N4O2/c1-37(2)26-17-19-27(20-18-26)38-34(41)39-31-21-22-32(40(39)35(38)42)36(25-13-7-4-8-14-25)23-29(31)33(24-11-5-3-6-12-24)28-15-9-10-16-30(28)36/h3-22,31-32H,23H2,1-2H3. The van der Waals surface area contributed by atoms with Crippen molar-refractivity contribution in [1.82, 2.24) is 13.9 Å². The molecule has 42 heavy (non-hydrogen) atoms. The third-order valence-electron chi connectivity index (χ3n) is 9.31. The second-order valence-electron chi connectivity index (χ2n) is 11.6. The van der Waals surface area contributed by atoms with Crippen molar-refractivity contribution in [2.45, 2.75) is 23.9 Å². The third-order valence-corrected chi connectivity index (χ3v) is 9.31. The molecule has 0 saturated heterocycles. The Kier molecular flexibility index (Phi) is 5.26. The van der Waals surface area contributed by atoms with Gasteiger partial charge in [0.05, 0.1) is 23.2 Å². The van der Waals surface area contributed by atoms with Crippen LogP contribution in [0.15, 0.2) is 137 Å². The normalized spacial score (nSPS) is 21.6. The molecule has 6 nitrogen and oxygen atoms in total. The predicted molar refractivity (Wildman–Crippen MR) is 167 cm³/mol. The molecule has 3 heterocycles. The van der Waals surface area contributed by atoms with Gasteiger partial charge in [-0.25, -0.2) is 23.5 Å². The van der Waals surface area contributed by atoms with Crippen LogP contribution in [0.2, 0.25) is 0 Å². The number of rotatable bonds is 4. The number of anilines is 1. The van der Waals surface area contributed by atoms with Crippen molar-refractivity contribution in [3.63, 3.8) is 0 Å². The molecular weight excluding hydrogens is 520 g/mol. The molecule has 3 unspecified atom stereocenters. The van der Waals surface area contributed by atoms with Crippen molar-refractivity contribution >= 4 is 11.3 Å². The fourth-order valence-corrected chi connectivity index (χ4v) is 7.48. The highest BCUT2D eigenvalue weighted by Crippen LogP contribution is 2.59. The molecule has 0 spiro atoms. The van der Waals surface area contributed by atoms with Crippen molar-refractivity contribution in [1.29, 1.82) is 0 Å². The van der Waals surface area contributed by atoms with Crippen LogP contribution in [0.3, 0.4) is 0 Å². The first-order chi connectivity index (χ1) is 20.5. The van der Waals surface area contributed by atoms with E-state index >= 15 is 0 Å². The van der Waals surface area contributed by atoms with E-state index in [0.29, 0.717) is 12.1 Å². The molecule has 6 heteroatoms. The lowest BCUT2D eigenvalue weighted by molar-refractivity contribution is 0.311. The zero-order valence-corrected chi connectivity index (χ0v) is 23.5. The molecule has 5 aromatic rings. The van der Waals surface area contributed by atoms with Gasteiger partial charge in [-0.1, -0.05) is 97.1 Å². The van der Waals surface area contributed by atoms with E-state index in [4.69, 9.17) is 0 Å².